The molecular formula is C45H70O8. The molecule has 8 heteroatoms. The Labute approximate surface area is 320 Å². The van der Waals surface area contributed by atoms with Gasteiger partial charge in [0.15, 0.2) is 5.79 Å². The number of aliphatic hydroxyl groups is 1. The van der Waals surface area contributed by atoms with Crippen molar-refractivity contribution in [2.24, 2.45) is 29.6 Å². The molecule has 8 saturated heterocycles. The Morgan fingerprint density at radius 3 is 2.32 bits per heavy atom. The van der Waals surface area contributed by atoms with Crippen LogP contribution in [0, 0.1) is 29.6 Å². The molecule has 0 aromatic carbocycles. The van der Waals surface area contributed by atoms with Gasteiger partial charge < -0.3 is 38.3 Å². The Morgan fingerprint density at radius 2 is 1.57 bits per heavy atom. The van der Waals surface area contributed by atoms with Crippen molar-refractivity contribution in [3.8, 4) is 0 Å². The third-order valence-corrected chi connectivity index (χ3v) is 14.5. The van der Waals surface area contributed by atoms with Gasteiger partial charge in [0.25, 0.3) is 0 Å². The van der Waals surface area contributed by atoms with E-state index in [9.17, 15) is 5.11 Å². The molecule has 8 fully saturated rings. The van der Waals surface area contributed by atoms with Gasteiger partial charge in [-0.1, -0.05) is 66.3 Å². The standard InChI is InChI=1S/C45H70O8/c1-10-13-31(46)22-34-29(8)37(19-25(4)12-3)49-39(34)23-38-28(7)26(5)20-32(48-38)15-16-35-27(6)21-33(47-35)17-18-45-24-40-42(53-45)44-43(51-40)41(52-45)30(9)36(50-44)14-11-2/h10-11,25-26,29-44,46H,1-2,6-7,12-24H2,3-5,8-9H3. The molecular weight excluding hydrogens is 668 g/mol. The summed E-state index contributed by atoms with van der Waals surface area (Å²) in [6.07, 6.45) is 14.9. The lowest BCUT2D eigenvalue weighted by atomic mass is 9.78. The van der Waals surface area contributed by atoms with Gasteiger partial charge in [0.1, 0.15) is 18.3 Å². The van der Waals surface area contributed by atoms with Gasteiger partial charge in [-0.05, 0) is 92.6 Å². The van der Waals surface area contributed by atoms with Gasteiger partial charge in [-0.3, -0.25) is 0 Å². The summed E-state index contributed by atoms with van der Waals surface area (Å²) in [6.45, 7) is 28.2. The van der Waals surface area contributed by atoms with Crippen LogP contribution >= 0.6 is 0 Å². The molecule has 8 heterocycles. The van der Waals surface area contributed by atoms with E-state index in [2.05, 4.69) is 60.9 Å². The van der Waals surface area contributed by atoms with Gasteiger partial charge >= 0.3 is 0 Å². The maximum absolute atomic E-state index is 10.8. The van der Waals surface area contributed by atoms with Crippen LogP contribution in [0.1, 0.15) is 118 Å². The first-order valence-electron chi connectivity index (χ1n) is 21.3. The first kappa shape index (κ1) is 39.9. The van der Waals surface area contributed by atoms with Crippen LogP contribution in [0.4, 0.5) is 0 Å². The topological polar surface area (TPSA) is 84.8 Å². The zero-order valence-corrected chi connectivity index (χ0v) is 33.4. The van der Waals surface area contributed by atoms with E-state index in [-0.39, 0.29) is 85.1 Å². The quantitative estimate of drug-likeness (QED) is 0.149. The van der Waals surface area contributed by atoms with Crippen molar-refractivity contribution in [1.29, 1.82) is 0 Å². The van der Waals surface area contributed by atoms with Crippen LogP contribution < -0.4 is 0 Å². The van der Waals surface area contributed by atoms with Crippen LogP contribution in [0.3, 0.4) is 0 Å². The van der Waals surface area contributed by atoms with Crippen molar-refractivity contribution in [3.63, 3.8) is 0 Å². The van der Waals surface area contributed by atoms with Crippen LogP contribution in [0.2, 0.25) is 0 Å². The summed E-state index contributed by atoms with van der Waals surface area (Å²) < 4.78 is 47.1. The Hall–Kier alpha value is -1.36. The molecule has 53 heavy (non-hydrogen) atoms. The zero-order chi connectivity index (χ0) is 37.6. The van der Waals surface area contributed by atoms with Gasteiger partial charge in [-0.2, -0.15) is 0 Å². The predicted octanol–water partition coefficient (Wildman–Crippen LogP) is 8.41. The highest BCUT2D eigenvalue weighted by molar-refractivity contribution is 5.14. The van der Waals surface area contributed by atoms with Crippen LogP contribution in [0.25, 0.3) is 0 Å². The molecule has 8 nitrogen and oxygen atoms in total. The molecule has 8 aliphatic rings. The molecule has 8 rings (SSSR count). The fourth-order valence-corrected chi connectivity index (χ4v) is 11.0. The lowest BCUT2D eigenvalue weighted by molar-refractivity contribution is -0.262. The van der Waals surface area contributed by atoms with E-state index in [0.717, 1.165) is 77.0 Å². The lowest BCUT2D eigenvalue weighted by Gasteiger charge is -2.42. The molecule has 0 aromatic heterocycles. The van der Waals surface area contributed by atoms with Gasteiger partial charge in [-0.25, -0.2) is 0 Å². The van der Waals surface area contributed by atoms with Crippen molar-refractivity contribution < 1.29 is 38.3 Å². The molecule has 0 amide bonds. The van der Waals surface area contributed by atoms with Crippen LogP contribution in [-0.2, 0) is 33.2 Å². The van der Waals surface area contributed by atoms with Crippen molar-refractivity contribution in [3.05, 3.63) is 49.6 Å². The van der Waals surface area contributed by atoms with Crippen molar-refractivity contribution in [2.45, 2.75) is 203 Å². The van der Waals surface area contributed by atoms with Crippen molar-refractivity contribution in [1.82, 2.24) is 0 Å². The molecule has 0 saturated carbocycles. The molecule has 19 unspecified atom stereocenters. The minimum atomic E-state index is -0.645. The van der Waals surface area contributed by atoms with E-state index >= 15 is 0 Å². The van der Waals surface area contributed by atoms with E-state index in [1.807, 2.05) is 12.2 Å². The number of hydrogen-bond acceptors (Lipinski definition) is 8. The van der Waals surface area contributed by atoms with Crippen molar-refractivity contribution >= 4 is 0 Å². The second kappa shape index (κ2) is 16.6. The Morgan fingerprint density at radius 1 is 0.811 bits per heavy atom. The van der Waals surface area contributed by atoms with Crippen LogP contribution in [0.5, 0.6) is 0 Å². The van der Waals surface area contributed by atoms with Gasteiger partial charge in [0, 0.05) is 25.2 Å². The summed E-state index contributed by atoms with van der Waals surface area (Å²) in [5.41, 5.74) is 2.36. The second-order valence-corrected chi connectivity index (χ2v) is 18.3. The Kier molecular flexibility index (Phi) is 12.5. The summed E-state index contributed by atoms with van der Waals surface area (Å²) >= 11 is 0. The maximum atomic E-state index is 10.8. The summed E-state index contributed by atoms with van der Waals surface area (Å²) in [5.74, 6) is 1.22. The normalized spacial score (nSPS) is 47.2. The van der Waals surface area contributed by atoms with Crippen LogP contribution in [0.15, 0.2) is 49.6 Å². The first-order chi connectivity index (χ1) is 25.4. The molecule has 0 radical (unpaired) electrons. The molecule has 0 aromatic rings. The smallest absolute Gasteiger partial charge is 0.172 e. The molecule has 8 aliphatic heterocycles. The average Bonchev–Trinajstić information content (AvgIpc) is 3.79. The van der Waals surface area contributed by atoms with Crippen LogP contribution in [-0.4, -0.2) is 90.2 Å². The second-order valence-electron chi connectivity index (χ2n) is 18.3. The number of rotatable bonds is 17. The monoisotopic (exact) mass is 739 g/mol. The zero-order valence-electron chi connectivity index (χ0n) is 33.4. The number of hydrogen-bond donors (Lipinski definition) is 1. The van der Waals surface area contributed by atoms with E-state index < -0.39 is 11.9 Å². The van der Waals surface area contributed by atoms with Gasteiger partial charge in [-0.15, -0.1) is 13.2 Å². The third kappa shape index (κ3) is 8.23. The third-order valence-electron chi connectivity index (χ3n) is 14.5. The molecule has 0 spiro atoms. The summed E-state index contributed by atoms with van der Waals surface area (Å²) in [5, 5.41) is 10.8. The van der Waals surface area contributed by atoms with Crippen molar-refractivity contribution in [2.75, 3.05) is 0 Å². The minimum absolute atomic E-state index is 0.0271. The highest BCUT2D eigenvalue weighted by Crippen LogP contribution is 2.54. The first-order valence-corrected chi connectivity index (χ1v) is 21.3. The maximum Gasteiger partial charge on any atom is 0.172 e. The van der Waals surface area contributed by atoms with Gasteiger partial charge in [0.2, 0.25) is 0 Å². The Bertz CT molecular complexity index is 1320. The number of ether oxygens (including phenoxy) is 7. The molecule has 19 atom stereocenters. The fraction of sp³-hybridized carbons (Fsp3) is 0.822. The largest absolute Gasteiger partial charge is 0.393 e. The SMILES string of the molecule is C=CCC(O)CC1C(CC2OC(CCC3OC(CCC45CC6OC7C(O4)C(C)C(CC=C)OC7C6O5)CC3=C)CC(C)C2=C)OC(CC(C)CC)C1C. The summed E-state index contributed by atoms with van der Waals surface area (Å²) in [4.78, 5) is 0. The number of aliphatic hydroxyl groups excluding tert-OH is 1. The molecule has 6 bridgehead atoms. The minimum Gasteiger partial charge on any atom is -0.393 e. The average molecular weight is 739 g/mol. The Balaban J connectivity index is 0.921. The highest BCUT2D eigenvalue weighted by atomic mass is 16.8. The van der Waals surface area contributed by atoms with E-state index in [4.69, 9.17) is 33.2 Å². The molecule has 0 aliphatic carbocycles. The summed E-state index contributed by atoms with van der Waals surface area (Å²) in [6, 6.07) is 0. The van der Waals surface area contributed by atoms with E-state index in [0.29, 0.717) is 24.2 Å². The fourth-order valence-electron chi connectivity index (χ4n) is 11.0. The molecule has 1 N–H and O–H groups in total. The lowest BCUT2D eigenvalue weighted by Crippen LogP contribution is -2.54. The molecule has 298 valence electrons. The van der Waals surface area contributed by atoms with Gasteiger partial charge in [0.05, 0.1) is 61.0 Å². The highest BCUT2D eigenvalue weighted by Gasteiger charge is 2.67. The predicted molar refractivity (Wildman–Crippen MR) is 206 cm³/mol. The van der Waals surface area contributed by atoms with E-state index in [1.54, 1.807) is 0 Å². The van der Waals surface area contributed by atoms with E-state index in [1.165, 1.54) is 11.1 Å². The summed E-state index contributed by atoms with van der Waals surface area (Å²) in [7, 11) is 0.